The fourth-order valence-corrected chi connectivity index (χ4v) is 2.69. The van der Waals surface area contributed by atoms with E-state index in [1.807, 2.05) is 0 Å². The third-order valence-electron chi connectivity index (χ3n) is 5.01. The summed E-state index contributed by atoms with van der Waals surface area (Å²) in [4.78, 5) is 0. The smallest absolute Gasteiger partial charge is 0.101 e. The maximum atomic E-state index is 9.32. The third-order valence-corrected chi connectivity index (χ3v) is 5.01. The molecular formula is C27H56O16Rf4-4. The Morgan fingerprint density at radius 3 is 0.957 bits per heavy atom. The van der Waals surface area contributed by atoms with Crippen LogP contribution in [0.3, 0.4) is 0 Å². The zero-order chi connectivity index (χ0) is 33.2. The van der Waals surface area contributed by atoms with E-state index in [1.165, 1.54) is 0 Å². The maximum Gasteiger partial charge on any atom is 0.101 e. The van der Waals surface area contributed by atoms with Gasteiger partial charge in [0.1, 0.15) is 12.2 Å². The second-order valence-corrected chi connectivity index (χ2v) is 9.19. The van der Waals surface area contributed by atoms with E-state index in [-0.39, 0.29) is 92.5 Å². The molecule has 0 aliphatic heterocycles. The molecule has 20 heteroatoms. The maximum absolute atomic E-state index is 9.32. The van der Waals surface area contributed by atoms with Gasteiger partial charge >= 0.3 is 0 Å². The summed E-state index contributed by atoms with van der Waals surface area (Å²) in [5, 5.41) is 71.7. The molecule has 272 valence electrons. The van der Waals surface area contributed by atoms with Crippen LogP contribution in [0.25, 0.3) is 0 Å². The average Bonchev–Trinajstić information content (AvgIpc) is 2.98. The molecule has 16 nitrogen and oxygen atoms in total. The molecule has 0 aromatic carbocycles. The number of rotatable bonds is 28. The van der Waals surface area contributed by atoms with Crippen LogP contribution >= 0.6 is 0 Å². The van der Waals surface area contributed by atoms with Crippen LogP contribution in [0.4, 0.5) is 0 Å². The summed E-state index contributed by atoms with van der Waals surface area (Å²) >= 11 is 0. The van der Waals surface area contributed by atoms with Gasteiger partial charge in [-0.05, 0) is 12.8 Å². The van der Waals surface area contributed by atoms with Crippen LogP contribution in [0.1, 0.15) is 12.8 Å². The molecule has 8 N–H and O–H groups in total. The van der Waals surface area contributed by atoms with Crippen LogP contribution in [0.2, 0.25) is 0 Å². The Kier molecular flexibility index (Phi) is 53.6. The number of aliphatic hydroxyl groups is 8. The van der Waals surface area contributed by atoms with Crippen molar-refractivity contribution < 1.29 is 78.7 Å². The quantitative estimate of drug-likeness (QED) is 0.0297. The van der Waals surface area contributed by atoms with E-state index in [9.17, 15) is 20.4 Å². The van der Waals surface area contributed by atoms with Gasteiger partial charge < -0.3 is 78.7 Å². The van der Waals surface area contributed by atoms with Crippen molar-refractivity contribution in [2.45, 2.75) is 37.3 Å². The Morgan fingerprint density at radius 1 is 0.426 bits per heavy atom. The number of aliphatic hydroxyl groups excluding tert-OH is 8. The van der Waals surface area contributed by atoms with Crippen molar-refractivity contribution in [3.63, 3.8) is 0 Å². The van der Waals surface area contributed by atoms with Gasteiger partial charge in [-0.2, -0.15) is 0 Å². The van der Waals surface area contributed by atoms with Crippen LogP contribution in [0.15, 0.2) is 0 Å². The summed E-state index contributed by atoms with van der Waals surface area (Å²) in [6, 6.07) is 0. The Hall–Kier alpha value is -4.64. The molecule has 0 amide bonds. The molecule has 47 heavy (non-hydrogen) atoms. The molecule has 0 aliphatic rings. The minimum atomic E-state index is -0.774. The van der Waals surface area contributed by atoms with Crippen LogP contribution < -0.4 is 0 Å². The van der Waals surface area contributed by atoms with E-state index >= 15 is 0 Å². The minimum absolute atomic E-state index is 0. The number of hydrogen-bond donors (Lipinski definition) is 8. The predicted molar refractivity (Wildman–Crippen MR) is 153 cm³/mol. The van der Waals surface area contributed by atoms with Crippen molar-refractivity contribution in [3.8, 4) is 0 Å². The van der Waals surface area contributed by atoms with Gasteiger partial charge in [0.05, 0.1) is 83.7 Å². The van der Waals surface area contributed by atoms with Crippen molar-refractivity contribution in [3.05, 3.63) is 28.4 Å². The molecule has 4 atom stereocenters. The summed E-state index contributed by atoms with van der Waals surface area (Å²) in [6.07, 6.45) is -1.76. The molecule has 0 saturated carbocycles. The Labute approximate surface area is 256 Å². The van der Waals surface area contributed by atoms with Crippen LogP contribution in [-0.4, -0.2) is 171 Å². The molecule has 0 aromatic rings. The third kappa shape index (κ3) is 41.4. The molecule has 4 unspecified atom stereocenters. The first kappa shape index (κ1) is 58.0. The zero-order valence-electron chi connectivity index (χ0n) is 28.0. The first-order valence-corrected chi connectivity index (χ1v) is 13.6. The molecule has 0 aliphatic carbocycles. The number of ether oxygens (including phenoxy) is 8. The van der Waals surface area contributed by atoms with Crippen molar-refractivity contribution >= 4 is 0 Å². The van der Waals surface area contributed by atoms with E-state index in [2.05, 4.69) is 47.4 Å². The van der Waals surface area contributed by atoms with Crippen LogP contribution in [0, 0.1) is 33.9 Å². The van der Waals surface area contributed by atoms with Crippen molar-refractivity contribution in [1.82, 2.24) is 0 Å². The molecule has 0 saturated heterocycles. The fourth-order valence-electron chi connectivity index (χ4n) is 2.69. The molecule has 0 aromatic heterocycles. The van der Waals surface area contributed by atoms with E-state index in [1.54, 1.807) is 0 Å². The first-order valence-electron chi connectivity index (χ1n) is 13.6. The van der Waals surface area contributed by atoms with Gasteiger partial charge in [0.2, 0.25) is 0 Å². The van der Waals surface area contributed by atoms with Crippen molar-refractivity contribution in [1.29, 1.82) is 0 Å². The van der Waals surface area contributed by atoms with Gasteiger partial charge in [-0.15, -0.1) is 0 Å². The predicted octanol–water partition coefficient (Wildman–Crippen LogP) is -2.56. The monoisotopic (exact) mass is 1700 g/mol. The second kappa shape index (κ2) is 43.5. The molecule has 0 bridgehead atoms. The zero-order valence-corrected chi connectivity index (χ0v) is 53.6. The summed E-state index contributed by atoms with van der Waals surface area (Å²) in [5.74, 6) is 0. The summed E-state index contributed by atoms with van der Waals surface area (Å²) in [5.41, 5.74) is -0.774. The SMILES string of the molecule is [CH2-]OCC(CO)(CO)CO[CH2-].[CH2-]OCC(O)CCOCC(O)COCCO.[CH2-]OCC(O)CCOCC(O)COCCO.[Rf].[Rf].[Rf].[Rf]. The topological polar surface area (TPSA) is 236 Å². The van der Waals surface area contributed by atoms with Gasteiger partial charge in [-0.3, -0.25) is 0 Å². The van der Waals surface area contributed by atoms with Gasteiger partial charge in [-0.25, -0.2) is 28.4 Å². The van der Waals surface area contributed by atoms with E-state index < -0.39 is 29.8 Å². The Balaban J connectivity index is -0.0000000996. The summed E-state index contributed by atoms with van der Waals surface area (Å²) in [7, 11) is 12.6. The van der Waals surface area contributed by atoms with Crippen LogP contribution in [-0.2, 0) is 37.9 Å². The normalized spacial score (nSPS) is 13.0. The molecule has 0 spiro atoms. The minimum Gasteiger partial charge on any atom is -0.554 e. The van der Waals surface area contributed by atoms with E-state index in [0.29, 0.717) is 26.1 Å². The summed E-state index contributed by atoms with van der Waals surface area (Å²) < 4.78 is 38.2. The second-order valence-electron chi connectivity index (χ2n) is 9.19. The van der Waals surface area contributed by atoms with E-state index in [0.717, 1.165) is 0 Å². The average molecular weight is 1700 g/mol. The van der Waals surface area contributed by atoms with Crippen molar-refractivity contribution in [2.75, 3.05) is 106 Å². The first-order chi connectivity index (χ1) is 20.6. The molecule has 0 heterocycles. The largest absolute Gasteiger partial charge is 0.554 e. The van der Waals surface area contributed by atoms with Crippen LogP contribution in [0.5, 0.6) is 0 Å². The van der Waals surface area contributed by atoms with Gasteiger partial charge in [0, 0.05) is 39.6 Å². The van der Waals surface area contributed by atoms with E-state index in [4.69, 9.17) is 39.4 Å². The van der Waals surface area contributed by atoms with Gasteiger partial charge in [0.15, 0.2) is 0 Å². The molecule has 0 radical (unpaired) electrons. The Morgan fingerprint density at radius 2 is 0.723 bits per heavy atom. The molecule has 0 rings (SSSR count). The van der Waals surface area contributed by atoms with Crippen molar-refractivity contribution in [2.24, 2.45) is 5.41 Å². The summed E-state index contributed by atoms with van der Waals surface area (Å²) in [6.45, 7) is 1.71. The standard InChI is InChI=1S/2C10H21O6.C7H14O4.4Rf/c2*1-14-6-9(12)2-4-15-7-10(13)8-16-5-3-11;1-10-5-7(3-8,4-9)6-11-2;;;;/h2*9-13H,1-8H2;8-9H,1-6H2;;;;/q2*-1;-2;;;;. The fraction of sp³-hybridized carbons (Fsp3) is 0.852. The molecular weight excluding hydrogens is 1650 g/mol. The van der Waals surface area contributed by atoms with Gasteiger partial charge in [-0.1, -0.05) is 0 Å². The molecule has 0 fully saturated rings. The Bertz CT molecular complexity index is 495. The van der Waals surface area contributed by atoms with Gasteiger partial charge in [0.25, 0.3) is 0 Å². The number of hydrogen-bond acceptors (Lipinski definition) is 16.